The van der Waals surface area contributed by atoms with Gasteiger partial charge in [0.1, 0.15) is 21.7 Å². The van der Waals surface area contributed by atoms with Crippen LogP contribution in [0.25, 0.3) is 0 Å². The van der Waals surface area contributed by atoms with Crippen LogP contribution in [0.3, 0.4) is 0 Å². The van der Waals surface area contributed by atoms with Crippen molar-refractivity contribution in [2.45, 2.75) is 37.2 Å². The average molecular weight is 277 g/mol. The second-order valence-electron chi connectivity index (χ2n) is 4.42. The van der Waals surface area contributed by atoms with Gasteiger partial charge in [-0.25, -0.2) is 9.97 Å². The van der Waals surface area contributed by atoms with E-state index >= 15 is 0 Å². The molecule has 0 aliphatic heterocycles. The highest BCUT2D eigenvalue weighted by molar-refractivity contribution is 7.99. The van der Waals surface area contributed by atoms with E-state index in [0.29, 0.717) is 0 Å². The third-order valence-corrected chi connectivity index (χ3v) is 3.55. The van der Waals surface area contributed by atoms with Gasteiger partial charge >= 0.3 is 0 Å². The number of hydrogen-bond donors (Lipinski definition) is 1. The van der Waals surface area contributed by atoms with Crippen LogP contribution in [0.1, 0.15) is 24.9 Å². The van der Waals surface area contributed by atoms with Crippen molar-refractivity contribution in [3.63, 3.8) is 0 Å². The van der Waals surface area contributed by atoms with Crippen LogP contribution in [0.5, 0.6) is 0 Å². The van der Waals surface area contributed by atoms with Crippen molar-refractivity contribution in [2.75, 3.05) is 11.9 Å². The van der Waals surface area contributed by atoms with Gasteiger partial charge in [0, 0.05) is 19.7 Å². The molecule has 0 aliphatic rings. The van der Waals surface area contributed by atoms with E-state index in [1.165, 1.54) is 0 Å². The Balaban J connectivity index is 2.20. The Morgan fingerprint density at radius 1 is 1.26 bits per heavy atom. The molecule has 0 atom stereocenters. The minimum Gasteiger partial charge on any atom is -0.370 e. The summed E-state index contributed by atoms with van der Waals surface area (Å²) in [6.07, 6.45) is 1.08. The van der Waals surface area contributed by atoms with Gasteiger partial charge in [-0.15, -0.1) is 0 Å². The molecule has 2 rings (SSSR count). The van der Waals surface area contributed by atoms with Gasteiger partial charge in [-0.05, 0) is 26.3 Å². The maximum atomic E-state index is 4.46. The van der Waals surface area contributed by atoms with Crippen LogP contribution in [-0.4, -0.2) is 26.3 Å². The maximum absolute atomic E-state index is 4.46. The Bertz CT molecular complexity index is 564. The zero-order valence-corrected chi connectivity index (χ0v) is 12.6. The second-order valence-corrected chi connectivity index (χ2v) is 5.46. The van der Waals surface area contributed by atoms with Crippen molar-refractivity contribution in [2.24, 2.45) is 7.05 Å². The first-order valence-corrected chi connectivity index (χ1v) is 7.18. The lowest BCUT2D eigenvalue weighted by atomic mass is 10.4. The molecular formula is C13H19N5S. The lowest BCUT2D eigenvalue weighted by molar-refractivity contribution is 0.692. The van der Waals surface area contributed by atoms with E-state index in [1.54, 1.807) is 11.8 Å². The molecule has 6 heteroatoms. The van der Waals surface area contributed by atoms with Crippen molar-refractivity contribution in [3.05, 3.63) is 23.7 Å². The summed E-state index contributed by atoms with van der Waals surface area (Å²) in [4.78, 5) is 8.84. The molecule has 0 unspecified atom stereocenters. The highest BCUT2D eigenvalue weighted by Gasteiger charge is 2.07. The molecule has 2 heterocycles. The lowest BCUT2D eigenvalue weighted by Gasteiger charge is -2.07. The molecule has 0 amide bonds. The van der Waals surface area contributed by atoms with Gasteiger partial charge in [-0.3, -0.25) is 4.68 Å². The fraction of sp³-hybridized carbons (Fsp3) is 0.462. The summed E-state index contributed by atoms with van der Waals surface area (Å²) < 4.78 is 1.87. The number of aromatic nitrogens is 4. The number of anilines is 1. The van der Waals surface area contributed by atoms with E-state index in [4.69, 9.17) is 0 Å². The summed E-state index contributed by atoms with van der Waals surface area (Å²) in [7, 11) is 1.94. The van der Waals surface area contributed by atoms with Gasteiger partial charge in [0.15, 0.2) is 0 Å². The number of nitrogens with one attached hydrogen (secondary N) is 1. The molecule has 0 saturated carbocycles. The van der Waals surface area contributed by atoms with Crippen molar-refractivity contribution in [1.29, 1.82) is 0 Å². The minimum atomic E-state index is 0.780. The molecule has 0 radical (unpaired) electrons. The van der Waals surface area contributed by atoms with Gasteiger partial charge < -0.3 is 5.32 Å². The zero-order valence-electron chi connectivity index (χ0n) is 11.8. The van der Waals surface area contributed by atoms with E-state index in [-0.39, 0.29) is 0 Å². The summed E-state index contributed by atoms with van der Waals surface area (Å²) in [6.45, 7) is 6.96. The summed E-state index contributed by atoms with van der Waals surface area (Å²) in [5.41, 5.74) is 1.01. The van der Waals surface area contributed by atoms with Crippen LogP contribution < -0.4 is 5.32 Å². The van der Waals surface area contributed by atoms with E-state index in [1.807, 2.05) is 31.6 Å². The molecule has 0 fully saturated rings. The van der Waals surface area contributed by atoms with Crippen molar-refractivity contribution < 1.29 is 0 Å². The molecule has 0 aromatic carbocycles. The Morgan fingerprint density at radius 2 is 2.05 bits per heavy atom. The summed E-state index contributed by atoms with van der Waals surface area (Å²) in [5.74, 6) is 1.67. The Morgan fingerprint density at radius 3 is 2.68 bits per heavy atom. The predicted molar refractivity (Wildman–Crippen MR) is 77.6 cm³/mol. The smallest absolute Gasteiger partial charge is 0.130 e. The standard InChI is InChI=1S/C13H19N5S/c1-5-6-14-11-8-12(16-10(3)15-11)19-13-7-9(2)17-18(13)4/h7-8H,5-6H2,1-4H3,(H,14,15,16). The first-order valence-electron chi connectivity index (χ1n) is 6.36. The highest BCUT2D eigenvalue weighted by atomic mass is 32.2. The average Bonchev–Trinajstić information content (AvgIpc) is 2.64. The monoisotopic (exact) mass is 277 g/mol. The summed E-state index contributed by atoms with van der Waals surface area (Å²) in [5, 5.41) is 9.65. The van der Waals surface area contributed by atoms with Gasteiger partial charge in [0.25, 0.3) is 0 Å². The Kier molecular flexibility index (Phi) is 4.42. The van der Waals surface area contributed by atoms with Gasteiger partial charge in [0.05, 0.1) is 5.69 Å². The number of rotatable bonds is 5. The van der Waals surface area contributed by atoms with Crippen LogP contribution in [0, 0.1) is 13.8 Å². The van der Waals surface area contributed by atoms with Crippen LogP contribution in [0.4, 0.5) is 5.82 Å². The SMILES string of the molecule is CCCNc1cc(Sc2cc(C)nn2C)nc(C)n1. The van der Waals surface area contributed by atoms with E-state index in [9.17, 15) is 0 Å². The largest absolute Gasteiger partial charge is 0.370 e. The highest BCUT2D eigenvalue weighted by Crippen LogP contribution is 2.27. The molecule has 2 aromatic rings. The van der Waals surface area contributed by atoms with Crippen LogP contribution in [-0.2, 0) is 7.05 Å². The molecule has 1 N–H and O–H groups in total. The van der Waals surface area contributed by atoms with Crippen molar-refractivity contribution in [3.8, 4) is 0 Å². The summed E-state index contributed by atoms with van der Waals surface area (Å²) >= 11 is 1.61. The van der Waals surface area contributed by atoms with Gasteiger partial charge in [-0.1, -0.05) is 18.7 Å². The van der Waals surface area contributed by atoms with E-state index < -0.39 is 0 Å². The molecule has 0 bridgehead atoms. The third kappa shape index (κ3) is 3.70. The molecule has 19 heavy (non-hydrogen) atoms. The maximum Gasteiger partial charge on any atom is 0.130 e. The topological polar surface area (TPSA) is 55.6 Å². The fourth-order valence-electron chi connectivity index (χ4n) is 1.73. The molecule has 102 valence electrons. The predicted octanol–water partition coefficient (Wildman–Crippen LogP) is 2.80. The molecule has 5 nitrogen and oxygen atoms in total. The Hall–Kier alpha value is -1.56. The lowest BCUT2D eigenvalue weighted by Crippen LogP contribution is -2.04. The zero-order chi connectivity index (χ0) is 13.8. The Labute approximate surface area is 117 Å². The van der Waals surface area contributed by atoms with E-state index in [2.05, 4.69) is 33.4 Å². The van der Waals surface area contributed by atoms with E-state index in [0.717, 1.165) is 40.4 Å². The van der Waals surface area contributed by atoms with Crippen LogP contribution in [0.15, 0.2) is 22.2 Å². The number of hydrogen-bond acceptors (Lipinski definition) is 5. The quantitative estimate of drug-likeness (QED) is 0.852. The molecule has 0 spiro atoms. The normalized spacial score (nSPS) is 10.7. The molecule has 2 aromatic heterocycles. The van der Waals surface area contributed by atoms with Crippen molar-refractivity contribution in [1.82, 2.24) is 19.7 Å². The number of aryl methyl sites for hydroxylation is 3. The first kappa shape index (κ1) is 13.9. The molecular weight excluding hydrogens is 258 g/mol. The minimum absolute atomic E-state index is 0.780. The fourth-order valence-corrected chi connectivity index (χ4v) is 2.69. The van der Waals surface area contributed by atoms with Gasteiger partial charge in [-0.2, -0.15) is 5.10 Å². The van der Waals surface area contributed by atoms with Crippen LogP contribution in [0.2, 0.25) is 0 Å². The number of nitrogens with zero attached hydrogens (tertiary/aromatic N) is 4. The van der Waals surface area contributed by atoms with Crippen LogP contribution >= 0.6 is 11.8 Å². The third-order valence-electron chi connectivity index (χ3n) is 2.54. The summed E-state index contributed by atoms with van der Waals surface area (Å²) in [6, 6.07) is 4.04. The first-order chi connectivity index (χ1) is 9.08. The molecule has 0 aliphatic carbocycles. The molecule has 0 saturated heterocycles. The van der Waals surface area contributed by atoms with Crippen molar-refractivity contribution >= 4 is 17.6 Å². The second kappa shape index (κ2) is 6.06. The van der Waals surface area contributed by atoms with Gasteiger partial charge in [0.2, 0.25) is 0 Å².